The minimum atomic E-state index is -3.48. The smallest absolute Gasteiger partial charge is 0.276 e. The summed E-state index contributed by atoms with van der Waals surface area (Å²) in [6.45, 7) is 2.63. The highest BCUT2D eigenvalue weighted by Gasteiger charge is 2.39. The van der Waals surface area contributed by atoms with Gasteiger partial charge in [0.1, 0.15) is 6.61 Å². The molecular formula is C8H12F4O. The average Bonchev–Trinajstić information content (AvgIpc) is 1.81. The molecule has 0 N–H and O–H groups in total. The highest BCUT2D eigenvalue weighted by atomic mass is 19.3. The van der Waals surface area contributed by atoms with E-state index in [1.165, 1.54) is 6.08 Å². The van der Waals surface area contributed by atoms with Gasteiger partial charge in [0.15, 0.2) is 0 Å². The summed E-state index contributed by atoms with van der Waals surface area (Å²) in [5, 5.41) is 0. The Kier molecular flexibility index (Phi) is 4.39. The molecule has 0 unspecified atom stereocenters. The van der Waals surface area contributed by atoms with Crippen molar-refractivity contribution in [1.82, 2.24) is 0 Å². The number of ether oxygens (including phenoxy) is 1. The Bertz CT molecular complexity index is 162. The van der Waals surface area contributed by atoms with Crippen molar-refractivity contribution in [2.75, 3.05) is 13.2 Å². The van der Waals surface area contributed by atoms with Crippen LogP contribution < -0.4 is 0 Å². The van der Waals surface area contributed by atoms with Crippen LogP contribution in [-0.4, -0.2) is 25.1 Å². The summed E-state index contributed by atoms with van der Waals surface area (Å²) in [6, 6.07) is 0. The van der Waals surface area contributed by atoms with Gasteiger partial charge in [-0.3, -0.25) is 0 Å². The van der Waals surface area contributed by atoms with E-state index in [2.05, 4.69) is 11.3 Å². The van der Waals surface area contributed by atoms with E-state index in [1.807, 2.05) is 0 Å². The standard InChI is InChI=1S/C8H12F4O/c1-3-4-13-6-8(11,12)5-7(2,9)10/h3H,1,4-6H2,2H3. The zero-order valence-corrected chi connectivity index (χ0v) is 7.33. The summed E-state index contributed by atoms with van der Waals surface area (Å²) >= 11 is 0. The van der Waals surface area contributed by atoms with Crippen LogP contribution in [0.5, 0.6) is 0 Å². The zero-order valence-electron chi connectivity index (χ0n) is 7.33. The summed E-state index contributed by atoms with van der Waals surface area (Å²) < 4.78 is 53.9. The van der Waals surface area contributed by atoms with E-state index in [1.54, 1.807) is 0 Å². The third-order valence-electron chi connectivity index (χ3n) is 1.12. The number of rotatable bonds is 6. The van der Waals surface area contributed by atoms with Gasteiger partial charge >= 0.3 is 0 Å². The Morgan fingerprint density at radius 1 is 1.31 bits per heavy atom. The van der Waals surface area contributed by atoms with Crippen molar-refractivity contribution in [3.63, 3.8) is 0 Å². The Labute approximate surface area is 74.4 Å². The SMILES string of the molecule is C=CCOCC(F)(F)CC(C)(F)F. The lowest BCUT2D eigenvalue weighted by Gasteiger charge is -2.19. The lowest BCUT2D eigenvalue weighted by Crippen LogP contribution is -2.31. The van der Waals surface area contributed by atoms with Gasteiger partial charge in [-0.15, -0.1) is 6.58 Å². The minimum absolute atomic E-state index is 0.0646. The maximum atomic E-state index is 12.6. The van der Waals surface area contributed by atoms with Crippen molar-refractivity contribution in [1.29, 1.82) is 0 Å². The summed E-state index contributed by atoms with van der Waals surface area (Å²) in [5.74, 6) is -6.86. The quantitative estimate of drug-likeness (QED) is 0.364. The van der Waals surface area contributed by atoms with E-state index >= 15 is 0 Å². The molecule has 0 saturated heterocycles. The second-order valence-electron chi connectivity index (χ2n) is 2.91. The molecule has 13 heavy (non-hydrogen) atoms. The van der Waals surface area contributed by atoms with Crippen molar-refractivity contribution < 1.29 is 22.3 Å². The number of hydrogen-bond donors (Lipinski definition) is 0. The molecule has 0 aliphatic carbocycles. The molecule has 0 saturated carbocycles. The maximum Gasteiger partial charge on any atom is 0.276 e. The van der Waals surface area contributed by atoms with E-state index in [0.29, 0.717) is 6.92 Å². The van der Waals surface area contributed by atoms with E-state index < -0.39 is 24.9 Å². The first-order chi connectivity index (χ1) is 5.77. The molecule has 5 heteroatoms. The monoisotopic (exact) mass is 200 g/mol. The van der Waals surface area contributed by atoms with Crippen LogP contribution in [0.2, 0.25) is 0 Å². The van der Waals surface area contributed by atoms with Crippen molar-refractivity contribution in [2.24, 2.45) is 0 Å². The molecule has 0 aromatic rings. The number of halogens is 4. The molecule has 0 atom stereocenters. The van der Waals surface area contributed by atoms with Gasteiger partial charge in [0.2, 0.25) is 0 Å². The van der Waals surface area contributed by atoms with E-state index in [-0.39, 0.29) is 6.61 Å². The third-order valence-corrected chi connectivity index (χ3v) is 1.12. The second-order valence-corrected chi connectivity index (χ2v) is 2.91. The van der Waals surface area contributed by atoms with Crippen LogP contribution in [0, 0.1) is 0 Å². The van der Waals surface area contributed by atoms with Crippen LogP contribution >= 0.6 is 0 Å². The largest absolute Gasteiger partial charge is 0.371 e. The molecule has 0 fully saturated rings. The van der Waals surface area contributed by atoms with Crippen LogP contribution in [0.1, 0.15) is 13.3 Å². The van der Waals surface area contributed by atoms with Crippen LogP contribution in [0.15, 0.2) is 12.7 Å². The van der Waals surface area contributed by atoms with Crippen molar-refractivity contribution in [3.05, 3.63) is 12.7 Å². The summed E-state index contributed by atoms with van der Waals surface area (Å²) in [7, 11) is 0. The number of hydrogen-bond acceptors (Lipinski definition) is 1. The summed E-state index contributed by atoms with van der Waals surface area (Å²) in [5.41, 5.74) is 0. The van der Waals surface area contributed by atoms with Gasteiger partial charge in [-0.05, 0) is 6.92 Å². The fourth-order valence-electron chi connectivity index (χ4n) is 0.797. The molecule has 0 aromatic carbocycles. The molecule has 0 amide bonds. The Hall–Kier alpha value is -0.580. The highest BCUT2D eigenvalue weighted by Crippen LogP contribution is 2.29. The fraction of sp³-hybridized carbons (Fsp3) is 0.750. The van der Waals surface area contributed by atoms with E-state index in [9.17, 15) is 17.6 Å². The van der Waals surface area contributed by atoms with E-state index in [4.69, 9.17) is 0 Å². The van der Waals surface area contributed by atoms with Gasteiger partial charge in [-0.2, -0.15) is 0 Å². The lowest BCUT2D eigenvalue weighted by atomic mass is 10.1. The average molecular weight is 200 g/mol. The minimum Gasteiger partial charge on any atom is -0.371 e. The third kappa shape index (κ3) is 7.77. The van der Waals surface area contributed by atoms with Crippen molar-refractivity contribution in [3.8, 4) is 0 Å². The summed E-state index contributed by atoms with van der Waals surface area (Å²) in [4.78, 5) is 0. The van der Waals surface area contributed by atoms with Gasteiger partial charge in [0.25, 0.3) is 11.8 Å². The Balaban J connectivity index is 3.86. The van der Waals surface area contributed by atoms with Crippen LogP contribution in [-0.2, 0) is 4.74 Å². The lowest BCUT2D eigenvalue weighted by molar-refractivity contribution is -0.133. The van der Waals surface area contributed by atoms with E-state index in [0.717, 1.165) is 0 Å². The second kappa shape index (κ2) is 4.60. The molecule has 0 bridgehead atoms. The highest BCUT2D eigenvalue weighted by molar-refractivity contribution is 4.74. The molecule has 0 radical (unpaired) electrons. The summed E-state index contributed by atoms with van der Waals surface area (Å²) in [6.07, 6.45) is -0.211. The van der Waals surface area contributed by atoms with Crippen LogP contribution in [0.25, 0.3) is 0 Å². The first-order valence-electron chi connectivity index (χ1n) is 3.71. The Morgan fingerprint density at radius 3 is 2.23 bits per heavy atom. The maximum absolute atomic E-state index is 12.6. The normalized spacial score (nSPS) is 13.0. The molecule has 0 spiro atoms. The molecule has 0 heterocycles. The van der Waals surface area contributed by atoms with Gasteiger partial charge in [0, 0.05) is 0 Å². The van der Waals surface area contributed by atoms with Gasteiger partial charge in [-0.25, -0.2) is 17.6 Å². The van der Waals surface area contributed by atoms with Crippen molar-refractivity contribution >= 4 is 0 Å². The zero-order chi connectivity index (χ0) is 10.5. The van der Waals surface area contributed by atoms with Gasteiger partial charge in [-0.1, -0.05) is 6.08 Å². The molecule has 78 valence electrons. The fourth-order valence-corrected chi connectivity index (χ4v) is 0.797. The first kappa shape index (κ1) is 12.4. The predicted molar refractivity (Wildman–Crippen MR) is 41.2 cm³/mol. The molecule has 0 aliphatic heterocycles. The molecule has 0 aromatic heterocycles. The molecule has 0 aliphatic rings. The van der Waals surface area contributed by atoms with Gasteiger partial charge in [0.05, 0.1) is 13.0 Å². The molecular weight excluding hydrogens is 188 g/mol. The van der Waals surface area contributed by atoms with Crippen LogP contribution in [0.3, 0.4) is 0 Å². The topological polar surface area (TPSA) is 9.23 Å². The molecule has 0 rings (SSSR count). The number of alkyl halides is 4. The van der Waals surface area contributed by atoms with Gasteiger partial charge < -0.3 is 4.74 Å². The first-order valence-corrected chi connectivity index (χ1v) is 3.71. The van der Waals surface area contributed by atoms with Crippen molar-refractivity contribution in [2.45, 2.75) is 25.2 Å². The predicted octanol–water partition coefficient (Wildman–Crippen LogP) is 2.87. The molecule has 1 nitrogen and oxygen atoms in total. The Morgan fingerprint density at radius 2 is 1.85 bits per heavy atom. The van der Waals surface area contributed by atoms with Crippen LogP contribution in [0.4, 0.5) is 17.6 Å².